The highest BCUT2D eigenvalue weighted by Gasteiger charge is 2.14. The summed E-state index contributed by atoms with van der Waals surface area (Å²) in [4.78, 5) is 12.3. The predicted molar refractivity (Wildman–Crippen MR) is 88.1 cm³/mol. The lowest BCUT2D eigenvalue weighted by molar-refractivity contribution is 0.104. The molecule has 0 spiro atoms. The van der Waals surface area contributed by atoms with Gasteiger partial charge in [0.05, 0.1) is 0 Å². The van der Waals surface area contributed by atoms with Crippen LogP contribution < -0.4 is 0 Å². The van der Waals surface area contributed by atoms with Gasteiger partial charge in [0.15, 0.2) is 5.78 Å². The van der Waals surface area contributed by atoms with Gasteiger partial charge in [-0.1, -0.05) is 72.8 Å². The molecule has 1 aliphatic carbocycles. The summed E-state index contributed by atoms with van der Waals surface area (Å²) in [6.45, 7) is 1.86. The Balaban J connectivity index is 2.16. The van der Waals surface area contributed by atoms with Gasteiger partial charge in [-0.3, -0.25) is 4.79 Å². The maximum atomic E-state index is 12.3. The molecule has 0 saturated heterocycles. The first-order valence-corrected chi connectivity index (χ1v) is 7.05. The fourth-order valence-electron chi connectivity index (χ4n) is 2.52. The molecule has 1 aliphatic rings. The summed E-state index contributed by atoms with van der Waals surface area (Å²) in [7, 11) is 0. The quantitative estimate of drug-likeness (QED) is 0.561. The average Bonchev–Trinajstić information content (AvgIpc) is 2.46. The number of allylic oxidation sites excluding steroid dienone is 6. The first-order valence-electron chi connectivity index (χ1n) is 7.05. The Morgan fingerprint density at radius 3 is 2.14 bits per heavy atom. The smallest absolute Gasteiger partial charge is 0.186 e. The van der Waals surface area contributed by atoms with Gasteiger partial charge in [-0.25, -0.2) is 0 Å². The highest BCUT2D eigenvalue weighted by Crippen LogP contribution is 2.34. The van der Waals surface area contributed by atoms with Crippen LogP contribution in [-0.4, -0.2) is 5.78 Å². The van der Waals surface area contributed by atoms with E-state index in [1.54, 1.807) is 12.2 Å². The van der Waals surface area contributed by atoms with Crippen molar-refractivity contribution < 1.29 is 4.79 Å². The van der Waals surface area contributed by atoms with Gasteiger partial charge < -0.3 is 0 Å². The maximum absolute atomic E-state index is 12.3. The van der Waals surface area contributed by atoms with E-state index in [1.165, 1.54) is 11.1 Å². The molecule has 1 nitrogen and oxygen atoms in total. The lowest BCUT2D eigenvalue weighted by Gasteiger charge is -2.15. The summed E-state index contributed by atoms with van der Waals surface area (Å²) in [5.74, 6) is 0.0426. The molecule has 1 heteroatoms. The summed E-state index contributed by atoms with van der Waals surface area (Å²) < 4.78 is 0. The van der Waals surface area contributed by atoms with Crippen LogP contribution in [0.2, 0.25) is 0 Å². The van der Waals surface area contributed by atoms with Gasteiger partial charge in [0.25, 0.3) is 0 Å². The highest BCUT2D eigenvalue weighted by atomic mass is 16.1. The minimum Gasteiger partial charge on any atom is -0.289 e. The van der Waals surface area contributed by atoms with Crippen LogP contribution in [0.15, 0.2) is 78.9 Å². The molecule has 0 N–H and O–H groups in total. The van der Waals surface area contributed by atoms with Gasteiger partial charge in [0, 0.05) is 5.56 Å². The summed E-state index contributed by atoms with van der Waals surface area (Å²) in [6, 6.07) is 16.0. The van der Waals surface area contributed by atoms with Crippen molar-refractivity contribution in [2.75, 3.05) is 0 Å². The minimum absolute atomic E-state index is 0.0426. The number of carbonyl (C=O) groups is 1. The first-order chi connectivity index (χ1) is 10.3. The van der Waals surface area contributed by atoms with Crippen LogP contribution in [0.4, 0.5) is 0 Å². The number of benzene rings is 2. The first kappa shape index (κ1) is 13.3. The van der Waals surface area contributed by atoms with Crippen molar-refractivity contribution >= 4 is 11.4 Å². The molecule has 0 unspecified atom stereocenters. The minimum atomic E-state index is 0.0426. The van der Waals surface area contributed by atoms with Crippen LogP contribution in [0.3, 0.4) is 0 Å². The van der Waals surface area contributed by atoms with Crippen molar-refractivity contribution in [3.8, 4) is 11.1 Å². The standard InChI is InChI=1S/C20H16O/c1-2-8-20(21)19-14-6-5-13-18(19)17-12-4-3-11-16(17)15-9-7-10-15/h2-14H,1H3/b8-2+. The number of rotatable bonds is 4. The monoisotopic (exact) mass is 272 g/mol. The molecule has 0 aliphatic heterocycles. The zero-order chi connectivity index (χ0) is 14.7. The fraction of sp³-hybridized carbons (Fsp3) is 0.0500. The van der Waals surface area contributed by atoms with Crippen LogP contribution in [0.5, 0.6) is 0 Å². The molecule has 0 saturated carbocycles. The van der Waals surface area contributed by atoms with Crippen molar-refractivity contribution in [1.29, 1.82) is 0 Å². The van der Waals surface area contributed by atoms with Crippen molar-refractivity contribution in [2.24, 2.45) is 0 Å². The summed E-state index contributed by atoms with van der Waals surface area (Å²) >= 11 is 0. The van der Waals surface area contributed by atoms with E-state index in [0.29, 0.717) is 0 Å². The molecular formula is C20H16O. The van der Waals surface area contributed by atoms with E-state index in [1.807, 2.05) is 49.4 Å². The van der Waals surface area contributed by atoms with Gasteiger partial charge >= 0.3 is 0 Å². The third kappa shape index (κ3) is 2.50. The summed E-state index contributed by atoms with van der Waals surface area (Å²) in [5.41, 5.74) is 5.20. The summed E-state index contributed by atoms with van der Waals surface area (Å²) in [5, 5.41) is 0. The fourth-order valence-corrected chi connectivity index (χ4v) is 2.52. The van der Waals surface area contributed by atoms with Crippen molar-refractivity contribution in [2.45, 2.75) is 6.92 Å². The Morgan fingerprint density at radius 1 is 0.905 bits per heavy atom. The largest absolute Gasteiger partial charge is 0.289 e. The zero-order valence-electron chi connectivity index (χ0n) is 11.9. The Hall–Kier alpha value is -2.67. The van der Waals surface area contributed by atoms with E-state index < -0.39 is 0 Å². The second-order valence-electron chi connectivity index (χ2n) is 4.94. The van der Waals surface area contributed by atoms with Gasteiger partial charge in [-0.2, -0.15) is 0 Å². The maximum Gasteiger partial charge on any atom is 0.186 e. The second-order valence-corrected chi connectivity index (χ2v) is 4.94. The second kappa shape index (κ2) is 5.76. The molecular weight excluding hydrogens is 256 g/mol. The van der Waals surface area contributed by atoms with Crippen LogP contribution in [-0.2, 0) is 0 Å². The highest BCUT2D eigenvalue weighted by molar-refractivity contribution is 6.10. The Bertz CT molecular complexity index is 776. The SMILES string of the molecule is C/C=C/C(=O)c1ccccc1-c1ccccc1C1=CC=C1. The van der Waals surface area contributed by atoms with Gasteiger partial charge in [0.1, 0.15) is 0 Å². The molecule has 0 amide bonds. The number of hydrogen-bond acceptors (Lipinski definition) is 1. The van der Waals surface area contributed by atoms with Crippen LogP contribution >= 0.6 is 0 Å². The van der Waals surface area contributed by atoms with Crippen LogP contribution in [0, 0.1) is 0 Å². The Morgan fingerprint density at radius 2 is 1.52 bits per heavy atom. The van der Waals surface area contributed by atoms with E-state index in [9.17, 15) is 4.79 Å². The normalized spacial score (nSPS) is 13.1. The molecule has 0 fully saturated rings. The number of hydrogen-bond donors (Lipinski definition) is 0. The third-order valence-electron chi connectivity index (χ3n) is 3.59. The molecule has 0 aromatic heterocycles. The molecule has 0 bridgehead atoms. The average molecular weight is 272 g/mol. The lowest BCUT2D eigenvalue weighted by Crippen LogP contribution is -1.99. The van der Waals surface area contributed by atoms with E-state index in [4.69, 9.17) is 0 Å². The molecule has 3 rings (SSSR count). The van der Waals surface area contributed by atoms with Crippen molar-refractivity contribution in [3.05, 3.63) is 90.0 Å². The van der Waals surface area contributed by atoms with E-state index >= 15 is 0 Å². The van der Waals surface area contributed by atoms with Crippen molar-refractivity contribution in [3.63, 3.8) is 0 Å². The van der Waals surface area contributed by atoms with E-state index in [2.05, 4.69) is 24.3 Å². The molecule has 0 atom stereocenters. The molecule has 0 radical (unpaired) electrons. The van der Waals surface area contributed by atoms with E-state index in [0.717, 1.165) is 16.7 Å². The Kier molecular flexibility index (Phi) is 3.65. The third-order valence-corrected chi connectivity index (χ3v) is 3.59. The Labute approximate surface area is 124 Å². The van der Waals surface area contributed by atoms with Crippen molar-refractivity contribution in [1.82, 2.24) is 0 Å². The number of carbonyl (C=O) groups excluding carboxylic acids is 1. The van der Waals surface area contributed by atoms with E-state index in [-0.39, 0.29) is 5.78 Å². The molecule has 21 heavy (non-hydrogen) atoms. The summed E-state index contributed by atoms with van der Waals surface area (Å²) in [6.07, 6.45) is 9.61. The topological polar surface area (TPSA) is 17.1 Å². The molecule has 102 valence electrons. The van der Waals surface area contributed by atoms with Crippen LogP contribution in [0.25, 0.3) is 16.7 Å². The molecule has 2 aromatic carbocycles. The molecule has 0 heterocycles. The zero-order valence-corrected chi connectivity index (χ0v) is 11.9. The van der Waals surface area contributed by atoms with Gasteiger partial charge in [-0.15, -0.1) is 0 Å². The van der Waals surface area contributed by atoms with Gasteiger partial charge in [-0.05, 0) is 35.3 Å². The van der Waals surface area contributed by atoms with Gasteiger partial charge in [0.2, 0.25) is 0 Å². The number of ketones is 1. The molecule has 2 aromatic rings. The van der Waals surface area contributed by atoms with Crippen LogP contribution in [0.1, 0.15) is 22.8 Å². The lowest BCUT2D eigenvalue weighted by atomic mass is 9.88. The predicted octanol–water partition coefficient (Wildman–Crippen LogP) is 5.07.